The molecule has 0 amide bonds. The molecule has 96 valence electrons. The number of esters is 1. The Balaban J connectivity index is 2.43. The van der Waals surface area contributed by atoms with E-state index in [0.29, 0.717) is 6.61 Å². The Morgan fingerprint density at radius 3 is 2.58 bits per heavy atom. The first-order valence-electron chi connectivity index (χ1n) is 6.02. The minimum atomic E-state index is -0.363. The molecule has 4 heteroatoms. The van der Waals surface area contributed by atoms with Crippen molar-refractivity contribution in [3.8, 4) is 0 Å². The largest absolute Gasteiger partial charge is 0.463 e. The molecule has 2 aromatic rings. The van der Waals surface area contributed by atoms with Crippen LogP contribution in [0, 0.1) is 0 Å². The highest BCUT2D eigenvalue weighted by atomic mass is 16.5. The maximum Gasteiger partial charge on any atom is 0.331 e. The van der Waals surface area contributed by atoms with Crippen molar-refractivity contribution in [2.45, 2.75) is 6.92 Å². The fourth-order valence-corrected chi connectivity index (χ4v) is 1.70. The SMILES string of the molecule is CCOC(=O)C=C(c1ccccc1)c1ccnnc1. The van der Waals surface area contributed by atoms with Crippen LogP contribution in [-0.4, -0.2) is 22.8 Å². The Morgan fingerprint density at radius 1 is 1.16 bits per heavy atom. The molecular formula is C15H14N2O2. The molecule has 0 N–H and O–H groups in total. The van der Waals surface area contributed by atoms with E-state index in [1.807, 2.05) is 36.4 Å². The number of rotatable bonds is 4. The molecule has 1 aromatic carbocycles. The van der Waals surface area contributed by atoms with Crippen LogP contribution in [0.4, 0.5) is 0 Å². The van der Waals surface area contributed by atoms with Crippen molar-refractivity contribution in [2.24, 2.45) is 0 Å². The second-order valence-electron chi connectivity index (χ2n) is 3.81. The lowest BCUT2D eigenvalue weighted by molar-refractivity contribution is -0.137. The zero-order valence-electron chi connectivity index (χ0n) is 10.6. The Kier molecular flexibility index (Phi) is 4.39. The van der Waals surface area contributed by atoms with Crippen LogP contribution in [0.1, 0.15) is 18.1 Å². The molecule has 1 aromatic heterocycles. The minimum absolute atomic E-state index is 0.353. The Hall–Kier alpha value is -2.49. The molecule has 0 radical (unpaired) electrons. The van der Waals surface area contributed by atoms with Gasteiger partial charge in [-0.3, -0.25) is 0 Å². The van der Waals surface area contributed by atoms with E-state index in [1.54, 1.807) is 19.3 Å². The molecule has 4 nitrogen and oxygen atoms in total. The molecule has 0 saturated carbocycles. The van der Waals surface area contributed by atoms with E-state index in [9.17, 15) is 4.79 Å². The van der Waals surface area contributed by atoms with Gasteiger partial charge in [-0.15, -0.1) is 0 Å². The van der Waals surface area contributed by atoms with Gasteiger partial charge in [0.2, 0.25) is 0 Å². The number of ether oxygens (including phenoxy) is 1. The van der Waals surface area contributed by atoms with Gasteiger partial charge in [0.05, 0.1) is 19.0 Å². The molecule has 0 fully saturated rings. The lowest BCUT2D eigenvalue weighted by Gasteiger charge is -2.07. The van der Waals surface area contributed by atoms with Gasteiger partial charge < -0.3 is 4.74 Å². The van der Waals surface area contributed by atoms with Crippen LogP contribution in [0.15, 0.2) is 54.9 Å². The summed E-state index contributed by atoms with van der Waals surface area (Å²) in [5, 5.41) is 7.58. The van der Waals surface area contributed by atoms with Crippen molar-refractivity contribution >= 4 is 11.5 Å². The van der Waals surface area contributed by atoms with Gasteiger partial charge >= 0.3 is 5.97 Å². The van der Waals surface area contributed by atoms with Gasteiger partial charge in [0.1, 0.15) is 0 Å². The first kappa shape index (κ1) is 13.0. The van der Waals surface area contributed by atoms with E-state index < -0.39 is 0 Å². The highest BCUT2D eigenvalue weighted by Crippen LogP contribution is 2.22. The summed E-state index contributed by atoms with van der Waals surface area (Å²) in [6, 6.07) is 11.4. The summed E-state index contributed by atoms with van der Waals surface area (Å²) in [6.07, 6.45) is 4.70. The molecule has 0 aliphatic heterocycles. The summed E-state index contributed by atoms with van der Waals surface area (Å²) in [6.45, 7) is 2.13. The van der Waals surface area contributed by atoms with Crippen molar-refractivity contribution < 1.29 is 9.53 Å². The number of benzene rings is 1. The van der Waals surface area contributed by atoms with Crippen molar-refractivity contribution in [2.75, 3.05) is 6.61 Å². The van der Waals surface area contributed by atoms with Gasteiger partial charge in [0, 0.05) is 11.6 Å². The van der Waals surface area contributed by atoms with Gasteiger partial charge in [0.15, 0.2) is 0 Å². The monoisotopic (exact) mass is 254 g/mol. The van der Waals surface area contributed by atoms with E-state index in [0.717, 1.165) is 16.7 Å². The number of carbonyl (C=O) groups excluding carboxylic acids is 1. The number of aromatic nitrogens is 2. The van der Waals surface area contributed by atoms with Crippen LogP contribution < -0.4 is 0 Å². The second-order valence-corrected chi connectivity index (χ2v) is 3.81. The third-order valence-corrected chi connectivity index (χ3v) is 2.53. The normalized spacial score (nSPS) is 11.1. The maximum absolute atomic E-state index is 11.7. The summed E-state index contributed by atoms with van der Waals surface area (Å²) >= 11 is 0. The van der Waals surface area contributed by atoms with Crippen LogP contribution in [0.25, 0.3) is 5.57 Å². The van der Waals surface area contributed by atoms with E-state index in [2.05, 4.69) is 10.2 Å². The summed E-state index contributed by atoms with van der Waals surface area (Å²) in [5.41, 5.74) is 2.53. The van der Waals surface area contributed by atoms with Crippen LogP contribution >= 0.6 is 0 Å². The first-order valence-corrected chi connectivity index (χ1v) is 6.02. The van der Waals surface area contributed by atoms with Crippen LogP contribution in [0.5, 0.6) is 0 Å². The molecule has 0 bridgehead atoms. The van der Waals surface area contributed by atoms with Crippen LogP contribution in [0.2, 0.25) is 0 Å². The molecule has 0 spiro atoms. The van der Waals surface area contributed by atoms with Crippen LogP contribution in [-0.2, 0) is 9.53 Å². The Bertz CT molecular complexity index is 524. The van der Waals surface area contributed by atoms with Crippen molar-refractivity contribution in [1.82, 2.24) is 10.2 Å². The number of nitrogens with zero attached hydrogens (tertiary/aromatic N) is 2. The van der Waals surface area contributed by atoms with Crippen LogP contribution in [0.3, 0.4) is 0 Å². The van der Waals surface area contributed by atoms with E-state index >= 15 is 0 Å². The predicted molar refractivity (Wildman–Crippen MR) is 72.2 cm³/mol. The molecule has 0 unspecified atom stereocenters. The fourth-order valence-electron chi connectivity index (χ4n) is 1.70. The number of hydrogen-bond donors (Lipinski definition) is 0. The maximum atomic E-state index is 11.7. The quantitative estimate of drug-likeness (QED) is 0.621. The summed E-state index contributed by atoms with van der Waals surface area (Å²) < 4.78 is 4.96. The minimum Gasteiger partial charge on any atom is -0.463 e. The lowest BCUT2D eigenvalue weighted by Crippen LogP contribution is -2.02. The van der Waals surface area contributed by atoms with Gasteiger partial charge in [-0.05, 0) is 24.1 Å². The molecular weight excluding hydrogens is 240 g/mol. The van der Waals surface area contributed by atoms with Gasteiger partial charge in [-0.1, -0.05) is 30.3 Å². The van der Waals surface area contributed by atoms with Crippen molar-refractivity contribution in [3.63, 3.8) is 0 Å². The Labute approximate surface area is 111 Å². The second kappa shape index (κ2) is 6.44. The summed E-state index contributed by atoms with van der Waals surface area (Å²) in [7, 11) is 0. The fraction of sp³-hybridized carbons (Fsp3) is 0.133. The van der Waals surface area contributed by atoms with Crippen molar-refractivity contribution in [1.29, 1.82) is 0 Å². The summed E-state index contributed by atoms with van der Waals surface area (Å²) in [5.74, 6) is -0.363. The zero-order valence-corrected chi connectivity index (χ0v) is 10.6. The van der Waals surface area contributed by atoms with E-state index in [1.165, 1.54) is 6.08 Å². The topological polar surface area (TPSA) is 52.1 Å². The molecule has 0 aliphatic rings. The van der Waals surface area contributed by atoms with E-state index in [-0.39, 0.29) is 5.97 Å². The molecule has 2 rings (SSSR count). The molecule has 0 saturated heterocycles. The van der Waals surface area contributed by atoms with Gasteiger partial charge in [-0.25, -0.2) is 4.79 Å². The molecule has 1 heterocycles. The predicted octanol–water partition coefficient (Wildman–Crippen LogP) is 2.47. The molecule has 19 heavy (non-hydrogen) atoms. The highest BCUT2D eigenvalue weighted by molar-refractivity contribution is 5.96. The molecule has 0 aliphatic carbocycles. The third kappa shape index (κ3) is 3.48. The Morgan fingerprint density at radius 2 is 1.95 bits per heavy atom. The lowest BCUT2D eigenvalue weighted by atomic mass is 9.99. The van der Waals surface area contributed by atoms with Gasteiger partial charge in [-0.2, -0.15) is 10.2 Å². The first-order chi connectivity index (χ1) is 9.31. The van der Waals surface area contributed by atoms with Crippen molar-refractivity contribution in [3.05, 3.63) is 66.0 Å². The molecule has 0 atom stereocenters. The average molecular weight is 254 g/mol. The van der Waals surface area contributed by atoms with E-state index in [4.69, 9.17) is 4.74 Å². The highest BCUT2D eigenvalue weighted by Gasteiger charge is 2.08. The van der Waals surface area contributed by atoms with Gasteiger partial charge in [0.25, 0.3) is 0 Å². The average Bonchev–Trinajstić information content (AvgIpc) is 2.47. The summed E-state index contributed by atoms with van der Waals surface area (Å²) in [4.78, 5) is 11.7. The standard InChI is InChI=1S/C15H14N2O2/c1-2-19-15(18)10-14(12-6-4-3-5-7-12)13-8-9-16-17-11-13/h3-11H,2H2,1H3. The zero-order chi connectivity index (χ0) is 13.5. The smallest absolute Gasteiger partial charge is 0.331 e. The number of carbonyl (C=O) groups is 1. The third-order valence-electron chi connectivity index (χ3n) is 2.53. The number of hydrogen-bond acceptors (Lipinski definition) is 4.